The second-order valence-electron chi connectivity index (χ2n) is 5.15. The van der Waals surface area contributed by atoms with Crippen LogP contribution in [0.2, 0.25) is 0 Å². The van der Waals surface area contributed by atoms with E-state index in [1.54, 1.807) is 0 Å². The summed E-state index contributed by atoms with van der Waals surface area (Å²) in [4.78, 5) is 13.9. The first-order valence-electron chi connectivity index (χ1n) is 6.59. The number of phenolic OH excluding ortho intramolecular Hbond substituents is 1. The van der Waals surface area contributed by atoms with Crippen molar-refractivity contribution in [1.82, 2.24) is 4.90 Å². The molecule has 0 aliphatic heterocycles. The van der Waals surface area contributed by atoms with Gasteiger partial charge in [0.25, 0.3) is 5.91 Å². The summed E-state index contributed by atoms with van der Waals surface area (Å²) in [6.07, 6.45) is 0.205. The van der Waals surface area contributed by atoms with Crippen LogP contribution in [0.1, 0.15) is 30.6 Å². The van der Waals surface area contributed by atoms with Crippen LogP contribution in [0.25, 0.3) is 0 Å². The Morgan fingerprint density at radius 2 is 2.14 bits per heavy atom. The maximum Gasteiger partial charge on any atom is 0.257 e. The summed E-state index contributed by atoms with van der Waals surface area (Å²) in [6, 6.07) is 3.25. The van der Waals surface area contributed by atoms with Gasteiger partial charge in [-0.3, -0.25) is 4.79 Å². The Hall–Kier alpha value is -2.31. The van der Waals surface area contributed by atoms with Crippen molar-refractivity contribution in [3.63, 3.8) is 0 Å². The third-order valence-corrected chi connectivity index (χ3v) is 2.83. The summed E-state index contributed by atoms with van der Waals surface area (Å²) in [5.41, 5.74) is 5.43. The lowest BCUT2D eigenvalue weighted by Crippen LogP contribution is -2.36. The number of hydrogen-bond donors (Lipinski definition) is 3. The van der Waals surface area contributed by atoms with Crippen molar-refractivity contribution in [3.05, 3.63) is 29.6 Å². The molecule has 0 saturated heterocycles. The van der Waals surface area contributed by atoms with Gasteiger partial charge in [0.1, 0.15) is 17.4 Å². The second-order valence-corrected chi connectivity index (χ2v) is 5.15. The van der Waals surface area contributed by atoms with Crippen molar-refractivity contribution < 1.29 is 19.5 Å². The highest BCUT2D eigenvalue weighted by atomic mass is 19.1. The Bertz CT molecular complexity index is 532. The lowest BCUT2D eigenvalue weighted by atomic mass is 10.1. The monoisotopic (exact) mass is 297 g/mol. The molecule has 6 nitrogen and oxygen atoms in total. The van der Waals surface area contributed by atoms with E-state index in [-0.39, 0.29) is 30.3 Å². The number of benzene rings is 1. The third-order valence-electron chi connectivity index (χ3n) is 2.83. The Morgan fingerprint density at radius 3 is 2.67 bits per heavy atom. The van der Waals surface area contributed by atoms with E-state index in [9.17, 15) is 14.3 Å². The molecule has 4 N–H and O–H groups in total. The van der Waals surface area contributed by atoms with Crippen LogP contribution in [0.4, 0.5) is 4.39 Å². The number of phenols is 1. The number of carbonyl (C=O) groups is 1. The van der Waals surface area contributed by atoms with Gasteiger partial charge in [-0.05, 0) is 18.1 Å². The summed E-state index contributed by atoms with van der Waals surface area (Å²) in [5, 5.41) is 21.1. The average molecular weight is 297 g/mol. The fourth-order valence-corrected chi connectivity index (χ4v) is 1.87. The molecule has 0 spiro atoms. The van der Waals surface area contributed by atoms with Crippen molar-refractivity contribution in [2.45, 2.75) is 20.3 Å². The predicted molar refractivity (Wildman–Crippen MR) is 76.8 cm³/mol. The van der Waals surface area contributed by atoms with Crippen molar-refractivity contribution in [2.24, 2.45) is 16.8 Å². The van der Waals surface area contributed by atoms with Crippen LogP contribution in [0.15, 0.2) is 23.4 Å². The maximum absolute atomic E-state index is 13.0. The minimum atomic E-state index is -0.615. The molecule has 0 aliphatic carbocycles. The number of carbonyl (C=O) groups excluding carboxylic acids is 1. The van der Waals surface area contributed by atoms with E-state index in [0.717, 1.165) is 12.1 Å². The number of oxime groups is 1. The molecule has 0 heterocycles. The summed E-state index contributed by atoms with van der Waals surface area (Å²) in [5.74, 6) is -1.23. The van der Waals surface area contributed by atoms with Crippen LogP contribution in [0, 0.1) is 11.7 Å². The van der Waals surface area contributed by atoms with E-state index in [0.29, 0.717) is 6.54 Å². The molecule has 116 valence electrons. The van der Waals surface area contributed by atoms with Gasteiger partial charge in [0.15, 0.2) is 0 Å². The Balaban J connectivity index is 2.93. The zero-order valence-corrected chi connectivity index (χ0v) is 12.1. The molecule has 1 rings (SSSR count). The molecule has 0 aliphatic rings. The standard InChI is InChI=1S/C14H20FN3O3/c1-9(2)8-18(6-5-13(16)17-21)14(20)11-4-3-10(15)7-12(11)19/h3-4,7,9,19,21H,5-6,8H2,1-2H3,(H2,16,17). The molecule has 1 aromatic carbocycles. The Morgan fingerprint density at radius 1 is 1.48 bits per heavy atom. The first-order chi connectivity index (χ1) is 9.85. The number of hydrogen-bond acceptors (Lipinski definition) is 4. The summed E-state index contributed by atoms with van der Waals surface area (Å²) >= 11 is 0. The summed E-state index contributed by atoms with van der Waals surface area (Å²) in [6.45, 7) is 4.56. The molecule has 0 atom stereocenters. The van der Waals surface area contributed by atoms with Crippen LogP contribution >= 0.6 is 0 Å². The molecule has 1 amide bonds. The van der Waals surface area contributed by atoms with E-state index in [1.807, 2.05) is 13.8 Å². The molecule has 0 fully saturated rings. The molecule has 7 heteroatoms. The third kappa shape index (κ3) is 4.94. The van der Waals surface area contributed by atoms with Gasteiger partial charge in [0.05, 0.1) is 5.56 Å². The molecule has 0 radical (unpaired) electrons. The fraction of sp³-hybridized carbons (Fsp3) is 0.429. The number of halogens is 1. The number of rotatable bonds is 6. The number of amides is 1. The molecule has 0 bridgehead atoms. The molecule has 0 aromatic heterocycles. The molecular formula is C14H20FN3O3. The highest BCUT2D eigenvalue weighted by molar-refractivity contribution is 5.97. The van der Waals surface area contributed by atoms with E-state index in [2.05, 4.69) is 5.16 Å². The molecule has 21 heavy (non-hydrogen) atoms. The summed E-state index contributed by atoms with van der Waals surface area (Å²) in [7, 11) is 0. The van der Waals surface area contributed by atoms with Crippen molar-refractivity contribution in [2.75, 3.05) is 13.1 Å². The minimum absolute atomic E-state index is 0.0138. The average Bonchev–Trinajstić information content (AvgIpc) is 2.42. The number of nitrogens with zero attached hydrogens (tertiary/aromatic N) is 2. The summed E-state index contributed by atoms with van der Waals surface area (Å²) < 4.78 is 13.0. The van der Waals surface area contributed by atoms with Gasteiger partial charge in [-0.2, -0.15) is 0 Å². The predicted octanol–water partition coefficient (Wildman–Crippen LogP) is 1.77. The highest BCUT2D eigenvalue weighted by Crippen LogP contribution is 2.20. The molecule has 0 unspecified atom stereocenters. The second kappa shape index (κ2) is 7.47. The van der Waals surface area contributed by atoms with Crippen molar-refractivity contribution >= 4 is 11.7 Å². The lowest BCUT2D eigenvalue weighted by molar-refractivity contribution is 0.0737. The van der Waals surface area contributed by atoms with Gasteiger partial charge in [0, 0.05) is 25.6 Å². The van der Waals surface area contributed by atoms with Gasteiger partial charge in [-0.1, -0.05) is 19.0 Å². The topological polar surface area (TPSA) is 99.1 Å². The van der Waals surface area contributed by atoms with E-state index < -0.39 is 17.5 Å². The first-order valence-corrected chi connectivity index (χ1v) is 6.59. The minimum Gasteiger partial charge on any atom is -0.507 e. The highest BCUT2D eigenvalue weighted by Gasteiger charge is 2.20. The van der Waals surface area contributed by atoms with E-state index >= 15 is 0 Å². The zero-order valence-electron chi connectivity index (χ0n) is 12.1. The smallest absolute Gasteiger partial charge is 0.257 e. The fourth-order valence-electron chi connectivity index (χ4n) is 1.87. The number of aromatic hydroxyl groups is 1. The Labute approximate surface area is 122 Å². The van der Waals surface area contributed by atoms with Gasteiger partial charge in [-0.15, -0.1) is 0 Å². The van der Waals surface area contributed by atoms with Crippen molar-refractivity contribution in [3.8, 4) is 5.75 Å². The largest absolute Gasteiger partial charge is 0.507 e. The zero-order chi connectivity index (χ0) is 16.0. The van der Waals surface area contributed by atoms with Crippen molar-refractivity contribution in [1.29, 1.82) is 0 Å². The maximum atomic E-state index is 13.0. The van der Waals surface area contributed by atoms with Crippen LogP contribution in [0.5, 0.6) is 5.75 Å². The van der Waals surface area contributed by atoms with Crippen LogP contribution in [-0.2, 0) is 0 Å². The Kier molecular flexibility index (Phi) is 5.95. The quantitative estimate of drug-likeness (QED) is 0.322. The first kappa shape index (κ1) is 16.7. The van der Waals surface area contributed by atoms with Gasteiger partial charge < -0.3 is 20.9 Å². The normalized spacial score (nSPS) is 11.7. The van der Waals surface area contributed by atoms with Gasteiger partial charge in [0.2, 0.25) is 0 Å². The lowest BCUT2D eigenvalue weighted by Gasteiger charge is -2.24. The number of nitrogens with two attached hydrogens (primary N) is 1. The number of amidine groups is 1. The van der Waals surface area contributed by atoms with Crippen LogP contribution in [-0.4, -0.2) is 40.0 Å². The molecular weight excluding hydrogens is 277 g/mol. The van der Waals surface area contributed by atoms with E-state index in [4.69, 9.17) is 10.9 Å². The van der Waals surface area contributed by atoms with Gasteiger partial charge >= 0.3 is 0 Å². The van der Waals surface area contributed by atoms with E-state index in [1.165, 1.54) is 11.0 Å². The molecule has 0 saturated carbocycles. The van der Waals surface area contributed by atoms with Crippen LogP contribution < -0.4 is 5.73 Å². The van der Waals surface area contributed by atoms with Gasteiger partial charge in [-0.25, -0.2) is 4.39 Å². The SMILES string of the molecule is CC(C)CN(CC/C(N)=N/O)C(=O)c1ccc(F)cc1O. The van der Waals surface area contributed by atoms with Crippen LogP contribution in [0.3, 0.4) is 0 Å². The molecule has 1 aromatic rings.